The van der Waals surface area contributed by atoms with Crippen LogP contribution in [0.2, 0.25) is 0 Å². The van der Waals surface area contributed by atoms with Gasteiger partial charge in [-0.15, -0.1) is 0 Å². The van der Waals surface area contributed by atoms with Crippen molar-refractivity contribution in [2.75, 3.05) is 0 Å². The van der Waals surface area contributed by atoms with Gasteiger partial charge in [-0.25, -0.2) is 0 Å². The molecule has 0 unspecified atom stereocenters. The molecule has 2 heteroatoms. The Morgan fingerprint density at radius 3 is 2.88 bits per heavy atom. The molecule has 0 saturated heterocycles. The van der Waals surface area contributed by atoms with Crippen LogP contribution in [-0.2, 0) is 0 Å². The molecular formula is C6H6NO. The Labute approximate surface area is 48.0 Å². The molecule has 0 aliphatic rings. The van der Waals surface area contributed by atoms with Crippen molar-refractivity contribution < 1.29 is 4.73 Å². The van der Waals surface area contributed by atoms with Gasteiger partial charge >= 0.3 is 0 Å². The number of rotatable bonds is 0. The van der Waals surface area contributed by atoms with E-state index >= 15 is 0 Å². The van der Waals surface area contributed by atoms with Gasteiger partial charge < -0.3 is 5.21 Å². The van der Waals surface area contributed by atoms with Crippen LogP contribution in [0.25, 0.3) is 0 Å². The summed E-state index contributed by atoms with van der Waals surface area (Å²) in [5.74, 6) is 0. The lowest BCUT2D eigenvalue weighted by Gasteiger charge is -1.94. The molecule has 0 fully saturated rings. The molecule has 1 radical (unpaired) electrons. The highest BCUT2D eigenvalue weighted by Gasteiger charge is 1.90. The zero-order valence-electron chi connectivity index (χ0n) is 4.59. The van der Waals surface area contributed by atoms with Crippen LogP contribution in [0, 0.1) is 18.2 Å². The number of aryl methyl sites for hydroxylation is 1. The molecule has 0 N–H and O–H groups in total. The molecule has 1 rings (SSSR count). The molecular weight excluding hydrogens is 102 g/mol. The average molecular weight is 108 g/mol. The van der Waals surface area contributed by atoms with Crippen LogP contribution in [0.5, 0.6) is 0 Å². The van der Waals surface area contributed by atoms with Gasteiger partial charge in [0.15, 0.2) is 11.9 Å². The molecule has 0 aliphatic carbocycles. The van der Waals surface area contributed by atoms with Crippen LogP contribution in [-0.4, -0.2) is 0 Å². The largest absolute Gasteiger partial charge is 0.618 e. The zero-order chi connectivity index (χ0) is 5.98. The molecule has 0 aliphatic heterocycles. The number of hydrogen-bond acceptors (Lipinski definition) is 1. The third kappa shape index (κ3) is 0.780. The van der Waals surface area contributed by atoms with Crippen LogP contribution in [0.4, 0.5) is 0 Å². The Morgan fingerprint density at radius 2 is 2.50 bits per heavy atom. The predicted octanol–water partition coefficient (Wildman–Crippen LogP) is 0.429. The van der Waals surface area contributed by atoms with Crippen LogP contribution < -0.4 is 4.73 Å². The minimum atomic E-state index is 0.604. The van der Waals surface area contributed by atoms with Crippen molar-refractivity contribution in [2.24, 2.45) is 0 Å². The third-order valence-corrected chi connectivity index (χ3v) is 0.940. The Balaban J connectivity index is 3.13. The first-order chi connectivity index (χ1) is 3.80. The van der Waals surface area contributed by atoms with Gasteiger partial charge in [-0.05, 0) is 6.07 Å². The minimum Gasteiger partial charge on any atom is -0.618 e. The summed E-state index contributed by atoms with van der Waals surface area (Å²) < 4.78 is 0.778. The third-order valence-electron chi connectivity index (χ3n) is 0.940. The molecule has 1 aromatic heterocycles. The van der Waals surface area contributed by atoms with Gasteiger partial charge in [0.2, 0.25) is 0 Å². The van der Waals surface area contributed by atoms with E-state index in [1.165, 1.54) is 6.20 Å². The van der Waals surface area contributed by atoms with Crippen molar-refractivity contribution >= 4 is 0 Å². The fourth-order valence-corrected chi connectivity index (χ4v) is 0.465. The lowest BCUT2D eigenvalue weighted by atomic mass is 10.4. The fourth-order valence-electron chi connectivity index (χ4n) is 0.465. The zero-order valence-corrected chi connectivity index (χ0v) is 4.59. The van der Waals surface area contributed by atoms with Gasteiger partial charge in [0.1, 0.15) is 0 Å². The van der Waals surface area contributed by atoms with Gasteiger partial charge in [-0.2, -0.15) is 4.73 Å². The summed E-state index contributed by atoms with van der Waals surface area (Å²) in [5, 5.41) is 10.5. The van der Waals surface area contributed by atoms with Crippen molar-refractivity contribution in [3.05, 3.63) is 35.3 Å². The molecule has 8 heavy (non-hydrogen) atoms. The number of nitrogens with zero attached hydrogens (tertiary/aromatic N) is 1. The Kier molecular flexibility index (Phi) is 1.16. The summed E-state index contributed by atoms with van der Waals surface area (Å²) in [6.45, 7) is 1.72. The average Bonchev–Trinajstić information content (AvgIpc) is 1.77. The van der Waals surface area contributed by atoms with Gasteiger partial charge in [0.25, 0.3) is 0 Å². The summed E-state index contributed by atoms with van der Waals surface area (Å²) in [6, 6.07) is 6.11. The SMILES string of the molecule is Cc1[c]ccc[n+]1[O-]. The lowest BCUT2D eigenvalue weighted by molar-refractivity contribution is -0.612. The molecule has 1 heterocycles. The van der Waals surface area contributed by atoms with Gasteiger partial charge in [0, 0.05) is 13.0 Å². The van der Waals surface area contributed by atoms with E-state index in [2.05, 4.69) is 6.07 Å². The summed E-state index contributed by atoms with van der Waals surface area (Å²) in [5.41, 5.74) is 0.604. The van der Waals surface area contributed by atoms with Crippen LogP contribution in [0.15, 0.2) is 18.3 Å². The first-order valence-electron chi connectivity index (χ1n) is 2.37. The van der Waals surface area contributed by atoms with E-state index in [0.29, 0.717) is 5.69 Å². The second-order valence-electron chi connectivity index (χ2n) is 1.56. The highest BCUT2D eigenvalue weighted by molar-refractivity contribution is 4.91. The van der Waals surface area contributed by atoms with E-state index in [1.807, 2.05) is 0 Å². The molecule has 0 amide bonds. The second-order valence-corrected chi connectivity index (χ2v) is 1.56. The summed E-state index contributed by atoms with van der Waals surface area (Å²) in [4.78, 5) is 0. The van der Waals surface area contributed by atoms with Gasteiger partial charge in [-0.3, -0.25) is 0 Å². The van der Waals surface area contributed by atoms with Gasteiger partial charge in [-0.1, -0.05) is 0 Å². The van der Waals surface area contributed by atoms with E-state index in [-0.39, 0.29) is 0 Å². The van der Waals surface area contributed by atoms with Crippen molar-refractivity contribution in [1.29, 1.82) is 0 Å². The first kappa shape index (κ1) is 5.09. The quantitative estimate of drug-likeness (QED) is 0.349. The lowest BCUT2D eigenvalue weighted by Crippen LogP contribution is -2.28. The standard InChI is InChI=1S/C6H6NO/c1-6-4-2-3-5-7(6)8/h2-3,5H,1H3. The number of hydrogen-bond donors (Lipinski definition) is 0. The maximum absolute atomic E-state index is 10.5. The number of aromatic nitrogens is 1. The van der Waals surface area contributed by atoms with E-state index in [4.69, 9.17) is 0 Å². The summed E-state index contributed by atoms with van der Waals surface area (Å²) in [6.07, 6.45) is 1.45. The van der Waals surface area contributed by atoms with Gasteiger partial charge in [0.05, 0.1) is 6.07 Å². The second kappa shape index (κ2) is 1.82. The fraction of sp³-hybridized carbons (Fsp3) is 0.167. The Bertz CT molecular complexity index is 165. The van der Waals surface area contributed by atoms with E-state index in [9.17, 15) is 5.21 Å². The van der Waals surface area contributed by atoms with Crippen LogP contribution >= 0.6 is 0 Å². The topological polar surface area (TPSA) is 26.9 Å². The molecule has 41 valence electrons. The van der Waals surface area contributed by atoms with Crippen LogP contribution in [0.3, 0.4) is 0 Å². The van der Waals surface area contributed by atoms with Crippen LogP contribution in [0.1, 0.15) is 5.69 Å². The van der Waals surface area contributed by atoms with E-state index < -0.39 is 0 Å². The monoisotopic (exact) mass is 108 g/mol. The van der Waals surface area contributed by atoms with Crippen molar-refractivity contribution in [3.63, 3.8) is 0 Å². The summed E-state index contributed by atoms with van der Waals surface area (Å²) in [7, 11) is 0. The number of pyridine rings is 1. The molecule has 2 nitrogen and oxygen atoms in total. The normalized spacial score (nSPS) is 9.12. The predicted molar refractivity (Wildman–Crippen MR) is 29.0 cm³/mol. The van der Waals surface area contributed by atoms with Crippen molar-refractivity contribution in [1.82, 2.24) is 0 Å². The smallest absolute Gasteiger partial charge is 0.197 e. The Morgan fingerprint density at radius 1 is 1.75 bits per heavy atom. The molecule has 0 atom stereocenters. The highest BCUT2D eigenvalue weighted by Crippen LogP contribution is 1.82. The van der Waals surface area contributed by atoms with E-state index in [0.717, 1.165) is 4.73 Å². The molecule has 1 aromatic rings. The minimum absolute atomic E-state index is 0.604. The van der Waals surface area contributed by atoms with E-state index in [1.54, 1.807) is 19.1 Å². The molecule has 0 saturated carbocycles. The first-order valence-corrected chi connectivity index (χ1v) is 2.37. The Hall–Kier alpha value is -1.05. The maximum atomic E-state index is 10.5. The van der Waals surface area contributed by atoms with Crippen molar-refractivity contribution in [2.45, 2.75) is 6.92 Å². The molecule has 0 spiro atoms. The maximum Gasteiger partial charge on any atom is 0.197 e. The molecule has 0 aromatic carbocycles. The highest BCUT2D eigenvalue weighted by atomic mass is 16.5. The summed E-state index contributed by atoms with van der Waals surface area (Å²) >= 11 is 0. The van der Waals surface area contributed by atoms with Crippen molar-refractivity contribution in [3.8, 4) is 0 Å². The molecule has 0 bridgehead atoms.